The lowest BCUT2D eigenvalue weighted by molar-refractivity contribution is -0.154. The lowest BCUT2D eigenvalue weighted by Crippen LogP contribution is -2.62. The topological polar surface area (TPSA) is 113 Å². The standard InChI is InChI=1S/C23H27N3O4/c1-25-22(30)23(13-16-5-3-2-4-6-16,26-20(28)11-12-21(26)29)14-18(15-24)17-7-9-19(27)10-8-17/h2-10,18,27H,11-15,24H2,1H3,(H,25,30)/t18-,23+/m0/s1. The number of aromatic hydroxyl groups is 1. The first kappa shape index (κ1) is 21.5. The van der Waals surface area contributed by atoms with Crippen LogP contribution in [0.15, 0.2) is 54.6 Å². The highest BCUT2D eigenvalue weighted by atomic mass is 16.3. The summed E-state index contributed by atoms with van der Waals surface area (Å²) in [6, 6.07) is 16.0. The molecule has 3 rings (SSSR count). The Morgan fingerprint density at radius 2 is 1.70 bits per heavy atom. The maximum atomic E-state index is 13.3. The van der Waals surface area contributed by atoms with Crippen LogP contribution in [0.2, 0.25) is 0 Å². The number of rotatable bonds is 8. The van der Waals surface area contributed by atoms with Gasteiger partial charge >= 0.3 is 0 Å². The molecule has 3 amide bonds. The number of benzene rings is 2. The van der Waals surface area contributed by atoms with Crippen LogP contribution in [-0.2, 0) is 20.8 Å². The van der Waals surface area contributed by atoms with Gasteiger partial charge in [-0.15, -0.1) is 0 Å². The van der Waals surface area contributed by atoms with Crippen LogP contribution in [0.3, 0.4) is 0 Å². The van der Waals surface area contributed by atoms with Gasteiger partial charge in [0.25, 0.3) is 0 Å². The molecule has 158 valence electrons. The van der Waals surface area contributed by atoms with Crippen molar-refractivity contribution in [1.82, 2.24) is 10.2 Å². The molecule has 0 spiro atoms. The lowest BCUT2D eigenvalue weighted by atomic mass is 9.77. The summed E-state index contributed by atoms with van der Waals surface area (Å²) in [6.07, 6.45) is 0.567. The first-order chi connectivity index (χ1) is 14.4. The van der Waals surface area contributed by atoms with Gasteiger partial charge < -0.3 is 16.2 Å². The van der Waals surface area contributed by atoms with E-state index in [1.807, 2.05) is 30.3 Å². The van der Waals surface area contributed by atoms with Gasteiger partial charge in [-0.25, -0.2) is 0 Å². The molecule has 0 aliphatic carbocycles. The highest BCUT2D eigenvalue weighted by Crippen LogP contribution is 2.37. The Bertz CT molecular complexity index is 898. The van der Waals surface area contributed by atoms with Crippen molar-refractivity contribution in [1.29, 1.82) is 0 Å². The van der Waals surface area contributed by atoms with Crippen molar-refractivity contribution in [2.45, 2.75) is 37.1 Å². The summed E-state index contributed by atoms with van der Waals surface area (Å²) in [6.45, 7) is 0.217. The highest BCUT2D eigenvalue weighted by Gasteiger charge is 2.52. The zero-order valence-electron chi connectivity index (χ0n) is 17.0. The molecular formula is C23H27N3O4. The second-order valence-corrected chi connectivity index (χ2v) is 7.62. The molecule has 0 radical (unpaired) electrons. The van der Waals surface area contributed by atoms with Crippen molar-refractivity contribution in [3.05, 3.63) is 65.7 Å². The third-order valence-corrected chi connectivity index (χ3v) is 5.70. The Hall–Kier alpha value is -3.19. The predicted molar refractivity (Wildman–Crippen MR) is 113 cm³/mol. The lowest BCUT2D eigenvalue weighted by Gasteiger charge is -2.41. The summed E-state index contributed by atoms with van der Waals surface area (Å²) in [5.74, 6) is -1.26. The summed E-state index contributed by atoms with van der Waals surface area (Å²) in [7, 11) is 1.51. The molecule has 7 heteroatoms. The number of nitrogens with one attached hydrogen (secondary N) is 1. The van der Waals surface area contributed by atoms with Gasteiger partial charge in [0.1, 0.15) is 11.3 Å². The van der Waals surface area contributed by atoms with Crippen LogP contribution in [0.25, 0.3) is 0 Å². The van der Waals surface area contributed by atoms with E-state index >= 15 is 0 Å². The minimum Gasteiger partial charge on any atom is -0.508 e. The number of phenolic OH excluding ortho intramolecular Hbond substituents is 1. The molecule has 1 aliphatic heterocycles. The summed E-state index contributed by atoms with van der Waals surface area (Å²) >= 11 is 0. The molecule has 1 saturated heterocycles. The minimum atomic E-state index is -1.40. The Kier molecular flexibility index (Phi) is 6.52. The van der Waals surface area contributed by atoms with Crippen molar-refractivity contribution < 1.29 is 19.5 Å². The second kappa shape index (κ2) is 9.09. The van der Waals surface area contributed by atoms with Crippen LogP contribution in [0.4, 0.5) is 0 Å². The minimum absolute atomic E-state index is 0.0961. The van der Waals surface area contributed by atoms with Gasteiger partial charge in [-0.3, -0.25) is 19.3 Å². The van der Waals surface area contributed by atoms with E-state index in [-0.39, 0.29) is 55.7 Å². The second-order valence-electron chi connectivity index (χ2n) is 7.62. The number of nitrogens with zero attached hydrogens (tertiary/aromatic N) is 1. The Morgan fingerprint density at radius 3 is 2.23 bits per heavy atom. The largest absolute Gasteiger partial charge is 0.508 e. The van der Waals surface area contributed by atoms with Crippen LogP contribution in [0.1, 0.15) is 36.3 Å². The van der Waals surface area contributed by atoms with Gasteiger partial charge in [-0.05, 0) is 42.1 Å². The van der Waals surface area contributed by atoms with Gasteiger partial charge in [0.15, 0.2) is 0 Å². The first-order valence-corrected chi connectivity index (χ1v) is 10.0. The van der Waals surface area contributed by atoms with Crippen LogP contribution < -0.4 is 11.1 Å². The maximum Gasteiger partial charge on any atom is 0.246 e. The van der Waals surface area contributed by atoms with E-state index in [9.17, 15) is 19.5 Å². The number of nitrogens with two attached hydrogens (primary N) is 1. The molecule has 2 atom stereocenters. The fourth-order valence-electron chi connectivity index (χ4n) is 4.23. The third kappa shape index (κ3) is 4.21. The highest BCUT2D eigenvalue weighted by molar-refractivity contribution is 6.07. The molecule has 2 aromatic carbocycles. The summed E-state index contributed by atoms with van der Waals surface area (Å²) < 4.78 is 0. The van der Waals surface area contributed by atoms with Crippen LogP contribution in [-0.4, -0.2) is 46.9 Å². The first-order valence-electron chi connectivity index (χ1n) is 10.0. The van der Waals surface area contributed by atoms with Crippen LogP contribution in [0.5, 0.6) is 5.75 Å². The quantitative estimate of drug-likeness (QED) is 0.575. The monoisotopic (exact) mass is 409 g/mol. The zero-order valence-corrected chi connectivity index (χ0v) is 17.0. The van der Waals surface area contributed by atoms with Crippen molar-refractivity contribution in [3.63, 3.8) is 0 Å². The molecule has 1 aliphatic rings. The molecule has 0 bridgehead atoms. The van der Waals surface area contributed by atoms with Crippen LogP contribution >= 0.6 is 0 Å². The molecule has 1 fully saturated rings. The number of carbonyl (C=O) groups is 3. The molecule has 0 saturated carbocycles. The maximum absolute atomic E-state index is 13.3. The number of likely N-dealkylation sites (tertiary alicyclic amines) is 1. The van der Waals surface area contributed by atoms with Gasteiger partial charge in [0.05, 0.1) is 0 Å². The smallest absolute Gasteiger partial charge is 0.246 e. The number of hydrogen-bond acceptors (Lipinski definition) is 5. The number of hydrogen-bond donors (Lipinski definition) is 3. The molecule has 1 heterocycles. The van der Waals surface area contributed by atoms with E-state index in [4.69, 9.17) is 5.73 Å². The summed E-state index contributed by atoms with van der Waals surface area (Å²) in [5, 5.41) is 12.3. The predicted octanol–water partition coefficient (Wildman–Crippen LogP) is 1.70. The van der Waals surface area contributed by atoms with E-state index in [2.05, 4.69) is 5.32 Å². The van der Waals surface area contributed by atoms with Gasteiger partial charge in [-0.1, -0.05) is 42.5 Å². The Labute approximate surface area is 175 Å². The van der Waals surface area contributed by atoms with Crippen molar-refractivity contribution in [2.24, 2.45) is 5.73 Å². The number of imide groups is 1. The fourth-order valence-corrected chi connectivity index (χ4v) is 4.23. The molecule has 30 heavy (non-hydrogen) atoms. The van der Waals surface area contributed by atoms with Crippen molar-refractivity contribution in [3.8, 4) is 5.75 Å². The van der Waals surface area contributed by atoms with Gasteiger partial charge in [0.2, 0.25) is 17.7 Å². The number of phenols is 1. The van der Waals surface area contributed by atoms with Gasteiger partial charge in [0, 0.05) is 26.3 Å². The number of likely N-dealkylation sites (N-methyl/N-ethyl adjacent to an activating group) is 1. The summed E-state index contributed by atoms with van der Waals surface area (Å²) in [5.41, 5.74) is 6.34. The number of carbonyl (C=O) groups excluding carboxylic acids is 3. The Morgan fingerprint density at radius 1 is 1.10 bits per heavy atom. The van der Waals surface area contributed by atoms with E-state index < -0.39 is 11.4 Å². The molecule has 4 N–H and O–H groups in total. The van der Waals surface area contributed by atoms with Gasteiger partial charge in [-0.2, -0.15) is 0 Å². The fraction of sp³-hybridized carbons (Fsp3) is 0.348. The van der Waals surface area contributed by atoms with E-state index in [0.717, 1.165) is 16.0 Å². The molecule has 7 nitrogen and oxygen atoms in total. The number of amides is 3. The third-order valence-electron chi connectivity index (χ3n) is 5.70. The average molecular weight is 409 g/mol. The molecular weight excluding hydrogens is 382 g/mol. The van der Waals surface area contributed by atoms with Crippen LogP contribution in [0, 0.1) is 0 Å². The van der Waals surface area contributed by atoms with E-state index in [1.54, 1.807) is 24.3 Å². The molecule has 2 aromatic rings. The average Bonchev–Trinajstić information content (AvgIpc) is 3.10. The van der Waals surface area contributed by atoms with Crippen molar-refractivity contribution >= 4 is 17.7 Å². The zero-order chi connectivity index (χ0) is 21.7. The van der Waals surface area contributed by atoms with E-state index in [1.165, 1.54) is 7.05 Å². The Balaban J connectivity index is 2.10. The molecule has 0 aromatic heterocycles. The SMILES string of the molecule is CNC(=O)[C@@](Cc1ccccc1)(C[C@@H](CN)c1ccc(O)cc1)N1C(=O)CCC1=O. The molecule has 0 unspecified atom stereocenters. The summed E-state index contributed by atoms with van der Waals surface area (Å²) in [4.78, 5) is 40.0. The van der Waals surface area contributed by atoms with Crippen molar-refractivity contribution in [2.75, 3.05) is 13.6 Å². The van der Waals surface area contributed by atoms with E-state index in [0.29, 0.717) is 0 Å². The normalized spacial score (nSPS) is 16.9.